The summed E-state index contributed by atoms with van der Waals surface area (Å²) in [5.41, 5.74) is 5.64. The van der Waals surface area contributed by atoms with E-state index in [0.29, 0.717) is 5.82 Å². The summed E-state index contributed by atoms with van der Waals surface area (Å²) in [4.78, 5) is 2.10. The first kappa shape index (κ1) is 22.8. The molecule has 1 aromatic heterocycles. The molecule has 166 valence electrons. The minimum atomic E-state index is -1.07. The van der Waals surface area contributed by atoms with Crippen LogP contribution in [-0.2, 0) is 0 Å². The molecule has 2 heterocycles. The molecule has 8 heteroatoms. The molecule has 2 aromatic rings. The summed E-state index contributed by atoms with van der Waals surface area (Å²) in [6.45, 7) is 8.76. The lowest BCUT2D eigenvalue weighted by molar-refractivity contribution is 0.160. The first-order valence-corrected chi connectivity index (χ1v) is 10.2. The highest BCUT2D eigenvalue weighted by Gasteiger charge is 2.39. The Morgan fingerprint density at radius 1 is 1.10 bits per heavy atom. The van der Waals surface area contributed by atoms with Crippen LogP contribution in [0.1, 0.15) is 46.1 Å². The number of anilines is 1. The molecule has 0 spiro atoms. The van der Waals surface area contributed by atoms with Crippen molar-refractivity contribution in [2.45, 2.75) is 57.7 Å². The van der Waals surface area contributed by atoms with Gasteiger partial charge in [0.25, 0.3) is 0 Å². The lowest BCUT2D eigenvalue weighted by atomic mass is 9.79. The summed E-state index contributed by atoms with van der Waals surface area (Å²) in [6.07, 6.45) is 3.84. The lowest BCUT2D eigenvalue weighted by Crippen LogP contribution is -2.62. The maximum atomic E-state index is 14.7. The van der Waals surface area contributed by atoms with Crippen molar-refractivity contribution in [2.75, 3.05) is 11.9 Å². The Kier molecular flexibility index (Phi) is 6.14. The SMILES string of the molecule is CN(c1ccc(-c2ccc(/C(C=N)=C/N)c(F)c2F)nn1)C1CC(C)(C)NC(C)(C)C1. The summed E-state index contributed by atoms with van der Waals surface area (Å²) in [5, 5.41) is 19.4. The van der Waals surface area contributed by atoms with E-state index in [0.717, 1.165) is 25.3 Å². The summed E-state index contributed by atoms with van der Waals surface area (Å²) in [6, 6.07) is 6.50. The Balaban J connectivity index is 1.87. The van der Waals surface area contributed by atoms with E-state index in [4.69, 9.17) is 11.1 Å². The standard InChI is InChI=1S/C23H30F2N6/c1-22(2)10-15(11-23(3,4)30-22)31(5)19-9-8-18(28-29-19)17-7-6-16(14(12-26)13-27)20(24)21(17)25/h6-9,12-13,15,26,30H,10-11,27H2,1-5H3/b14-13+,26-12?. The van der Waals surface area contributed by atoms with E-state index in [9.17, 15) is 8.78 Å². The molecule has 0 aliphatic carbocycles. The van der Waals surface area contributed by atoms with Gasteiger partial charge in [-0.1, -0.05) is 6.07 Å². The van der Waals surface area contributed by atoms with E-state index in [-0.39, 0.29) is 39.5 Å². The van der Waals surface area contributed by atoms with Crippen molar-refractivity contribution in [3.05, 3.63) is 47.7 Å². The van der Waals surface area contributed by atoms with Crippen LogP contribution in [0.4, 0.5) is 14.6 Å². The second kappa shape index (κ2) is 8.34. The Morgan fingerprint density at radius 3 is 2.26 bits per heavy atom. The van der Waals surface area contributed by atoms with Gasteiger partial charge in [-0.3, -0.25) is 0 Å². The number of benzene rings is 1. The second-order valence-corrected chi connectivity index (χ2v) is 9.40. The van der Waals surface area contributed by atoms with Gasteiger partial charge in [-0.15, -0.1) is 10.2 Å². The number of allylic oxidation sites excluding steroid dienone is 1. The van der Waals surface area contributed by atoms with Crippen molar-refractivity contribution >= 4 is 17.6 Å². The Labute approximate surface area is 182 Å². The van der Waals surface area contributed by atoms with E-state index < -0.39 is 11.6 Å². The van der Waals surface area contributed by atoms with Crippen molar-refractivity contribution in [1.29, 1.82) is 5.41 Å². The smallest absolute Gasteiger partial charge is 0.168 e. The van der Waals surface area contributed by atoms with Gasteiger partial charge in [0.15, 0.2) is 17.5 Å². The minimum absolute atomic E-state index is 0.00781. The van der Waals surface area contributed by atoms with Crippen LogP contribution in [0.25, 0.3) is 16.8 Å². The van der Waals surface area contributed by atoms with Gasteiger partial charge in [-0.25, -0.2) is 8.78 Å². The van der Waals surface area contributed by atoms with Crippen LogP contribution < -0.4 is 16.0 Å². The molecule has 6 nitrogen and oxygen atoms in total. The van der Waals surface area contributed by atoms with E-state index >= 15 is 0 Å². The number of nitrogens with two attached hydrogens (primary N) is 1. The van der Waals surface area contributed by atoms with Crippen LogP contribution in [0.15, 0.2) is 30.5 Å². The van der Waals surface area contributed by atoms with Crippen LogP contribution in [-0.4, -0.2) is 40.6 Å². The molecule has 0 radical (unpaired) electrons. The minimum Gasteiger partial charge on any atom is -0.404 e. The zero-order valence-corrected chi connectivity index (χ0v) is 18.6. The molecule has 1 saturated heterocycles. The van der Waals surface area contributed by atoms with Crippen molar-refractivity contribution in [2.24, 2.45) is 5.73 Å². The molecule has 3 rings (SSSR count). The molecular formula is C23H30F2N6. The van der Waals surface area contributed by atoms with Gasteiger partial charge in [0.1, 0.15) is 0 Å². The number of aromatic nitrogens is 2. The predicted octanol–water partition coefficient (Wildman–Crippen LogP) is 4.12. The van der Waals surface area contributed by atoms with Crippen molar-refractivity contribution in [3.63, 3.8) is 0 Å². The third-order valence-corrected chi connectivity index (χ3v) is 5.73. The molecule has 0 atom stereocenters. The molecule has 1 aromatic carbocycles. The van der Waals surface area contributed by atoms with Gasteiger partial charge in [0.2, 0.25) is 0 Å². The number of nitrogens with one attached hydrogen (secondary N) is 2. The van der Waals surface area contributed by atoms with E-state index in [1.165, 1.54) is 12.1 Å². The van der Waals surface area contributed by atoms with Crippen molar-refractivity contribution in [1.82, 2.24) is 15.5 Å². The highest BCUT2D eigenvalue weighted by molar-refractivity contribution is 6.08. The first-order valence-electron chi connectivity index (χ1n) is 10.2. The quantitative estimate of drug-likeness (QED) is 0.624. The van der Waals surface area contributed by atoms with Crippen molar-refractivity contribution < 1.29 is 8.78 Å². The highest BCUT2D eigenvalue weighted by Crippen LogP contribution is 2.33. The second-order valence-electron chi connectivity index (χ2n) is 9.40. The maximum Gasteiger partial charge on any atom is 0.168 e. The molecule has 1 fully saturated rings. The van der Waals surface area contributed by atoms with Gasteiger partial charge in [-0.2, -0.15) is 0 Å². The fourth-order valence-electron chi connectivity index (χ4n) is 4.57. The molecule has 1 aliphatic rings. The predicted molar refractivity (Wildman–Crippen MR) is 121 cm³/mol. The Hall–Kier alpha value is -2.87. The number of halogens is 2. The Morgan fingerprint density at radius 2 is 1.74 bits per heavy atom. The highest BCUT2D eigenvalue weighted by atomic mass is 19.2. The number of piperidine rings is 1. The van der Waals surface area contributed by atoms with Gasteiger partial charge >= 0.3 is 0 Å². The molecule has 0 unspecified atom stereocenters. The monoisotopic (exact) mass is 428 g/mol. The van der Waals surface area contributed by atoms with Crippen LogP contribution in [0, 0.1) is 17.0 Å². The zero-order valence-electron chi connectivity index (χ0n) is 18.6. The van der Waals surface area contributed by atoms with Gasteiger partial charge in [0.05, 0.1) is 5.69 Å². The maximum absolute atomic E-state index is 14.7. The molecular weight excluding hydrogens is 398 g/mol. The molecule has 4 N–H and O–H groups in total. The lowest BCUT2D eigenvalue weighted by Gasteiger charge is -2.49. The van der Waals surface area contributed by atoms with Crippen LogP contribution >= 0.6 is 0 Å². The average molecular weight is 429 g/mol. The van der Waals surface area contributed by atoms with Crippen LogP contribution in [0.5, 0.6) is 0 Å². The number of nitrogens with zero attached hydrogens (tertiary/aromatic N) is 3. The largest absolute Gasteiger partial charge is 0.404 e. The number of hydrogen-bond donors (Lipinski definition) is 3. The van der Waals surface area contributed by atoms with E-state index in [2.05, 4.69) is 48.1 Å². The van der Waals surface area contributed by atoms with E-state index in [1.807, 2.05) is 7.05 Å². The zero-order chi connectivity index (χ0) is 23.0. The van der Waals surface area contributed by atoms with Crippen LogP contribution in [0.2, 0.25) is 0 Å². The van der Waals surface area contributed by atoms with Gasteiger partial charge in [-0.05, 0) is 58.7 Å². The van der Waals surface area contributed by atoms with Crippen molar-refractivity contribution in [3.8, 4) is 11.3 Å². The molecule has 0 bridgehead atoms. The summed E-state index contributed by atoms with van der Waals surface area (Å²) in [5.74, 6) is -1.44. The summed E-state index contributed by atoms with van der Waals surface area (Å²) >= 11 is 0. The molecule has 1 aliphatic heterocycles. The molecule has 0 amide bonds. The fraction of sp³-hybridized carbons (Fsp3) is 0.435. The van der Waals surface area contributed by atoms with Gasteiger partial charge < -0.3 is 21.4 Å². The normalized spacial score (nSPS) is 18.6. The number of hydrogen-bond acceptors (Lipinski definition) is 6. The topological polar surface area (TPSA) is 90.9 Å². The molecule has 31 heavy (non-hydrogen) atoms. The summed E-state index contributed by atoms with van der Waals surface area (Å²) < 4.78 is 29.2. The average Bonchev–Trinajstić information content (AvgIpc) is 2.69. The Bertz CT molecular complexity index is 982. The third-order valence-electron chi connectivity index (χ3n) is 5.73. The fourth-order valence-corrected chi connectivity index (χ4v) is 4.57. The molecule has 0 saturated carbocycles. The summed E-state index contributed by atoms with van der Waals surface area (Å²) in [7, 11) is 1.99. The number of rotatable bonds is 5. The first-order chi connectivity index (χ1) is 14.5. The van der Waals surface area contributed by atoms with E-state index in [1.54, 1.807) is 12.1 Å². The van der Waals surface area contributed by atoms with Gasteiger partial charge in [0, 0.05) is 53.3 Å². The van der Waals surface area contributed by atoms with Crippen LogP contribution in [0.3, 0.4) is 0 Å². The third kappa shape index (κ3) is 4.74.